The molecule has 2 saturated heterocycles. The second-order valence-corrected chi connectivity index (χ2v) is 12.9. The van der Waals surface area contributed by atoms with Gasteiger partial charge in [0.1, 0.15) is 12.3 Å². The average molecular weight is 789 g/mol. The van der Waals surface area contributed by atoms with Crippen LogP contribution in [0.1, 0.15) is 51.4 Å². The van der Waals surface area contributed by atoms with Gasteiger partial charge in [-0.15, -0.1) is 0 Å². The third kappa shape index (κ3) is 23.4. The molecule has 0 aromatic heterocycles. The lowest BCUT2D eigenvalue weighted by Gasteiger charge is -2.23. The number of rotatable bonds is 17. The van der Waals surface area contributed by atoms with E-state index in [-0.39, 0.29) is 42.6 Å². The SMILES string of the molecule is CN(C)C(=O)C(CCOCCOC1CCCCO1)C(=O)N(C)C.CN(C)C(=O)CC(=O)N(C)C.ICCOCCOC1CCCCO1. The van der Waals surface area contributed by atoms with E-state index in [4.69, 9.17) is 28.4 Å². The molecule has 15 heteroatoms. The number of ether oxygens (including phenoxy) is 6. The number of nitrogens with zero attached hydrogens (tertiary/aromatic N) is 4. The van der Waals surface area contributed by atoms with E-state index >= 15 is 0 Å². The highest BCUT2D eigenvalue weighted by Gasteiger charge is 2.29. The Labute approximate surface area is 296 Å². The van der Waals surface area contributed by atoms with Crippen LogP contribution in [0.15, 0.2) is 0 Å². The molecule has 0 bridgehead atoms. The lowest BCUT2D eigenvalue weighted by Crippen LogP contribution is -2.41. The molecule has 276 valence electrons. The lowest BCUT2D eigenvalue weighted by atomic mass is 10.0. The largest absolute Gasteiger partial charge is 0.379 e. The maximum atomic E-state index is 12.1. The number of carbonyl (C=O) groups excluding carboxylic acids is 4. The Hall–Kier alpha value is -1.63. The van der Waals surface area contributed by atoms with Crippen molar-refractivity contribution in [2.45, 2.75) is 63.9 Å². The fourth-order valence-corrected chi connectivity index (χ4v) is 4.36. The van der Waals surface area contributed by atoms with Crippen molar-refractivity contribution in [1.82, 2.24) is 19.6 Å². The van der Waals surface area contributed by atoms with Crippen LogP contribution in [0, 0.1) is 5.92 Å². The molecule has 0 aromatic carbocycles. The monoisotopic (exact) mass is 788 g/mol. The van der Waals surface area contributed by atoms with E-state index in [1.165, 1.54) is 32.4 Å². The molecular weight excluding hydrogens is 727 g/mol. The fourth-order valence-electron chi connectivity index (χ4n) is 4.04. The summed E-state index contributed by atoms with van der Waals surface area (Å²) in [5.41, 5.74) is 0. The van der Waals surface area contributed by atoms with Crippen LogP contribution in [0.25, 0.3) is 0 Å². The maximum Gasteiger partial charge on any atom is 0.234 e. The molecule has 0 N–H and O–H groups in total. The van der Waals surface area contributed by atoms with Gasteiger partial charge in [0.25, 0.3) is 0 Å². The highest BCUT2D eigenvalue weighted by molar-refractivity contribution is 14.1. The van der Waals surface area contributed by atoms with Crippen molar-refractivity contribution in [1.29, 1.82) is 0 Å². The Morgan fingerprint density at radius 1 is 0.617 bits per heavy atom. The van der Waals surface area contributed by atoms with E-state index in [0.29, 0.717) is 39.5 Å². The van der Waals surface area contributed by atoms with Gasteiger partial charge < -0.3 is 48.0 Å². The summed E-state index contributed by atoms with van der Waals surface area (Å²) >= 11 is 2.29. The van der Waals surface area contributed by atoms with E-state index in [1.807, 2.05) is 0 Å². The van der Waals surface area contributed by atoms with Gasteiger partial charge >= 0.3 is 0 Å². The van der Waals surface area contributed by atoms with Gasteiger partial charge in [-0.25, -0.2) is 0 Å². The van der Waals surface area contributed by atoms with Gasteiger partial charge in [-0.1, -0.05) is 22.6 Å². The van der Waals surface area contributed by atoms with E-state index in [9.17, 15) is 19.2 Å². The van der Waals surface area contributed by atoms with Crippen LogP contribution in [0.2, 0.25) is 0 Å². The normalized spacial score (nSPS) is 17.4. The summed E-state index contributed by atoms with van der Waals surface area (Å²) in [6, 6.07) is 0. The number of hydrogen-bond acceptors (Lipinski definition) is 10. The third-order valence-electron chi connectivity index (χ3n) is 6.89. The van der Waals surface area contributed by atoms with Gasteiger partial charge in [0, 0.05) is 80.6 Å². The summed E-state index contributed by atoms with van der Waals surface area (Å²) in [6.45, 7) is 4.99. The molecule has 2 atom stereocenters. The summed E-state index contributed by atoms with van der Waals surface area (Å²) in [6.07, 6.45) is 6.81. The summed E-state index contributed by atoms with van der Waals surface area (Å²) in [5, 5.41) is 0. The van der Waals surface area contributed by atoms with E-state index in [0.717, 1.165) is 49.9 Å². The summed E-state index contributed by atoms with van der Waals surface area (Å²) in [4.78, 5) is 51.8. The molecule has 4 amide bonds. The van der Waals surface area contributed by atoms with Crippen molar-refractivity contribution < 1.29 is 47.6 Å². The van der Waals surface area contributed by atoms with Crippen LogP contribution in [0.4, 0.5) is 0 Å². The van der Waals surface area contributed by atoms with Gasteiger partial charge in [0.05, 0.1) is 33.0 Å². The molecule has 2 unspecified atom stereocenters. The van der Waals surface area contributed by atoms with Crippen molar-refractivity contribution in [2.24, 2.45) is 5.92 Å². The van der Waals surface area contributed by atoms with Crippen LogP contribution >= 0.6 is 22.6 Å². The standard InChI is InChI=1S/C16H30N2O5.C9H17IO3.C7H14N2O2/c1-17(2)15(19)13(16(20)18(3)4)8-10-21-11-12-23-14-7-5-6-9-22-14;10-4-6-11-7-8-13-9-3-1-2-5-12-9;1-8(2)6(10)5-7(11)9(3)4/h13-14H,5-12H2,1-4H3;9H,1-8H2;5H2,1-4H3. The predicted molar refractivity (Wildman–Crippen MR) is 187 cm³/mol. The van der Waals surface area contributed by atoms with Crippen LogP contribution in [0.3, 0.4) is 0 Å². The molecule has 2 heterocycles. The molecular formula is C32H61IN4O10. The summed E-state index contributed by atoms with van der Waals surface area (Å²) in [7, 11) is 13.1. The van der Waals surface area contributed by atoms with Gasteiger partial charge in [-0.3, -0.25) is 19.2 Å². The molecule has 0 saturated carbocycles. The van der Waals surface area contributed by atoms with Crippen LogP contribution in [-0.2, 0) is 47.6 Å². The summed E-state index contributed by atoms with van der Waals surface area (Å²) in [5.74, 6) is -1.41. The Balaban J connectivity index is 0.000000744. The average Bonchev–Trinajstić information content (AvgIpc) is 3.05. The van der Waals surface area contributed by atoms with Gasteiger partial charge in [-0.05, 0) is 44.9 Å². The van der Waals surface area contributed by atoms with E-state index < -0.39 is 5.92 Å². The number of carbonyl (C=O) groups is 4. The quantitative estimate of drug-likeness (QED) is 0.0935. The second-order valence-electron chi connectivity index (χ2n) is 11.8. The number of halogens is 1. The third-order valence-corrected chi connectivity index (χ3v) is 7.33. The molecule has 0 spiro atoms. The van der Waals surface area contributed by atoms with Crippen molar-refractivity contribution in [3.05, 3.63) is 0 Å². The molecule has 0 aliphatic carbocycles. The first kappa shape index (κ1) is 45.4. The maximum absolute atomic E-state index is 12.1. The number of hydrogen-bond donors (Lipinski definition) is 0. The minimum Gasteiger partial charge on any atom is -0.379 e. The molecule has 2 rings (SSSR count). The molecule has 2 aliphatic rings. The Bertz CT molecular complexity index is 814. The van der Waals surface area contributed by atoms with Crippen molar-refractivity contribution in [3.8, 4) is 0 Å². The topological polar surface area (TPSA) is 137 Å². The van der Waals surface area contributed by atoms with Crippen molar-refractivity contribution >= 4 is 46.2 Å². The molecule has 0 radical (unpaired) electrons. The fraction of sp³-hybridized carbons (Fsp3) is 0.875. The first-order valence-electron chi connectivity index (χ1n) is 16.3. The zero-order valence-electron chi connectivity index (χ0n) is 30.0. The van der Waals surface area contributed by atoms with Crippen molar-refractivity contribution in [3.63, 3.8) is 0 Å². The first-order chi connectivity index (χ1) is 22.3. The molecule has 14 nitrogen and oxygen atoms in total. The summed E-state index contributed by atoms with van der Waals surface area (Å²) < 4.78 is 33.7. The lowest BCUT2D eigenvalue weighted by molar-refractivity contribution is -0.169. The molecule has 47 heavy (non-hydrogen) atoms. The Morgan fingerprint density at radius 3 is 1.38 bits per heavy atom. The predicted octanol–water partition coefficient (Wildman–Crippen LogP) is 2.26. The van der Waals surface area contributed by atoms with Gasteiger partial charge in [0.2, 0.25) is 23.6 Å². The zero-order chi connectivity index (χ0) is 35.6. The van der Waals surface area contributed by atoms with Crippen LogP contribution < -0.4 is 0 Å². The van der Waals surface area contributed by atoms with Crippen LogP contribution in [-0.4, -0.2) is 169 Å². The van der Waals surface area contributed by atoms with Gasteiger partial charge in [-0.2, -0.15) is 0 Å². The van der Waals surface area contributed by atoms with E-state index in [1.54, 1.807) is 56.4 Å². The van der Waals surface area contributed by atoms with Crippen molar-refractivity contribution in [2.75, 3.05) is 114 Å². The minimum atomic E-state index is -0.692. The number of amides is 4. The second kappa shape index (κ2) is 28.2. The van der Waals surface area contributed by atoms with E-state index in [2.05, 4.69) is 22.6 Å². The Morgan fingerprint density at radius 2 is 1.04 bits per heavy atom. The van der Waals surface area contributed by atoms with Crippen LogP contribution in [0.5, 0.6) is 0 Å². The Kier molecular flexibility index (Phi) is 27.3. The minimum absolute atomic E-state index is 0.0250. The van der Waals surface area contributed by atoms with Gasteiger partial charge in [0.15, 0.2) is 12.6 Å². The zero-order valence-corrected chi connectivity index (χ0v) is 32.2. The highest BCUT2D eigenvalue weighted by Crippen LogP contribution is 2.14. The highest BCUT2D eigenvalue weighted by atomic mass is 127. The smallest absolute Gasteiger partial charge is 0.234 e. The first-order valence-corrected chi connectivity index (χ1v) is 17.8. The number of alkyl halides is 1. The molecule has 0 aromatic rings. The molecule has 2 fully saturated rings. The molecule has 2 aliphatic heterocycles.